The van der Waals surface area contributed by atoms with E-state index < -0.39 is 5.54 Å². The monoisotopic (exact) mass is 230 g/mol. The Morgan fingerprint density at radius 2 is 2.24 bits per heavy atom. The van der Waals surface area contributed by atoms with Gasteiger partial charge in [0.2, 0.25) is 0 Å². The molecule has 0 amide bonds. The summed E-state index contributed by atoms with van der Waals surface area (Å²) in [4.78, 5) is 0. The molecule has 0 bridgehead atoms. The van der Waals surface area contributed by atoms with Crippen molar-refractivity contribution in [1.29, 1.82) is 5.26 Å². The van der Waals surface area contributed by atoms with Crippen LogP contribution < -0.4 is 5.32 Å². The molecule has 1 aromatic rings. The first kappa shape index (κ1) is 11.9. The number of ether oxygens (including phenoxy) is 1. The summed E-state index contributed by atoms with van der Waals surface area (Å²) in [5.41, 5.74) is 1.73. The van der Waals surface area contributed by atoms with Crippen molar-refractivity contribution in [1.82, 2.24) is 0 Å². The van der Waals surface area contributed by atoms with Gasteiger partial charge in [0.15, 0.2) is 0 Å². The fourth-order valence-electron chi connectivity index (χ4n) is 2.30. The molecular weight excluding hydrogens is 212 g/mol. The minimum absolute atomic E-state index is 0.139. The van der Waals surface area contributed by atoms with Gasteiger partial charge < -0.3 is 10.1 Å². The standard InChI is InChI=1S/C14H18N2O/c1-11-5-3-4-6-13(11)16-14(10-15)7-8-17-12(2)9-14/h3-6,12,16H,7-9H2,1-2H3. The maximum atomic E-state index is 9.44. The Morgan fingerprint density at radius 1 is 1.47 bits per heavy atom. The van der Waals surface area contributed by atoms with E-state index in [1.54, 1.807) is 0 Å². The van der Waals surface area contributed by atoms with Crippen LogP contribution in [0.4, 0.5) is 5.69 Å². The van der Waals surface area contributed by atoms with Crippen molar-refractivity contribution in [3.8, 4) is 6.07 Å². The normalized spacial score (nSPS) is 28.4. The summed E-state index contributed by atoms with van der Waals surface area (Å²) >= 11 is 0. The van der Waals surface area contributed by atoms with E-state index in [2.05, 4.69) is 24.4 Å². The minimum atomic E-state index is -0.482. The van der Waals surface area contributed by atoms with Crippen molar-refractivity contribution >= 4 is 5.69 Å². The minimum Gasteiger partial charge on any atom is -0.378 e. The zero-order valence-electron chi connectivity index (χ0n) is 10.4. The summed E-state index contributed by atoms with van der Waals surface area (Å²) in [6.07, 6.45) is 1.61. The summed E-state index contributed by atoms with van der Waals surface area (Å²) in [5, 5.41) is 12.8. The van der Waals surface area contributed by atoms with Gasteiger partial charge >= 0.3 is 0 Å². The largest absolute Gasteiger partial charge is 0.378 e. The van der Waals surface area contributed by atoms with Crippen LogP contribution in [0.1, 0.15) is 25.3 Å². The van der Waals surface area contributed by atoms with Gasteiger partial charge in [-0.1, -0.05) is 18.2 Å². The number of anilines is 1. The third-order valence-corrected chi connectivity index (χ3v) is 3.30. The second kappa shape index (κ2) is 4.77. The Bertz CT molecular complexity index is 438. The molecular formula is C14H18N2O. The van der Waals surface area contributed by atoms with Gasteiger partial charge in [-0.3, -0.25) is 0 Å². The third-order valence-electron chi connectivity index (χ3n) is 3.30. The molecule has 1 heterocycles. The number of nitrogens with zero attached hydrogens (tertiary/aromatic N) is 1. The predicted molar refractivity (Wildman–Crippen MR) is 67.8 cm³/mol. The number of aryl methyl sites for hydroxylation is 1. The molecule has 0 radical (unpaired) electrons. The van der Waals surface area contributed by atoms with Gasteiger partial charge in [-0.15, -0.1) is 0 Å². The lowest BCUT2D eigenvalue weighted by atomic mass is 9.88. The highest BCUT2D eigenvalue weighted by Gasteiger charge is 2.35. The van der Waals surface area contributed by atoms with Gasteiger partial charge in [-0.2, -0.15) is 5.26 Å². The molecule has 3 heteroatoms. The number of nitriles is 1. The third kappa shape index (κ3) is 2.59. The summed E-state index contributed by atoms with van der Waals surface area (Å²) in [7, 11) is 0. The van der Waals surface area contributed by atoms with Crippen LogP contribution in [0.25, 0.3) is 0 Å². The van der Waals surface area contributed by atoms with E-state index in [1.165, 1.54) is 5.56 Å². The van der Waals surface area contributed by atoms with E-state index in [0.29, 0.717) is 6.61 Å². The Balaban J connectivity index is 2.20. The average molecular weight is 230 g/mol. The molecule has 1 aliphatic heterocycles. The van der Waals surface area contributed by atoms with Crippen LogP contribution in [0.5, 0.6) is 0 Å². The highest BCUT2D eigenvalue weighted by Crippen LogP contribution is 2.29. The molecule has 0 aromatic heterocycles. The average Bonchev–Trinajstić information content (AvgIpc) is 2.32. The summed E-state index contributed by atoms with van der Waals surface area (Å²) in [5.74, 6) is 0. The Morgan fingerprint density at radius 3 is 2.88 bits per heavy atom. The summed E-state index contributed by atoms with van der Waals surface area (Å²) in [6.45, 7) is 4.72. The van der Waals surface area contributed by atoms with Gasteiger partial charge in [-0.05, 0) is 25.5 Å². The SMILES string of the molecule is Cc1ccccc1NC1(C#N)CCOC(C)C1. The number of rotatable bonds is 2. The summed E-state index contributed by atoms with van der Waals surface area (Å²) < 4.78 is 5.51. The molecule has 0 saturated carbocycles. The van der Waals surface area contributed by atoms with E-state index in [4.69, 9.17) is 4.74 Å². The van der Waals surface area contributed by atoms with Gasteiger partial charge in [0.25, 0.3) is 0 Å². The van der Waals surface area contributed by atoms with Crippen molar-refractivity contribution in [2.75, 3.05) is 11.9 Å². The van der Waals surface area contributed by atoms with Crippen LogP contribution in [0.3, 0.4) is 0 Å². The van der Waals surface area contributed by atoms with E-state index in [1.807, 2.05) is 25.1 Å². The molecule has 1 aromatic carbocycles. The maximum absolute atomic E-state index is 9.44. The van der Waals surface area contributed by atoms with Crippen LogP contribution in [0.15, 0.2) is 24.3 Å². The van der Waals surface area contributed by atoms with Gasteiger partial charge in [0.1, 0.15) is 5.54 Å². The number of hydrogen-bond acceptors (Lipinski definition) is 3. The first-order valence-corrected chi connectivity index (χ1v) is 6.02. The second-order valence-corrected chi connectivity index (χ2v) is 4.77. The number of hydrogen-bond donors (Lipinski definition) is 1. The van der Waals surface area contributed by atoms with Crippen LogP contribution in [-0.4, -0.2) is 18.2 Å². The van der Waals surface area contributed by atoms with E-state index in [9.17, 15) is 5.26 Å². The Hall–Kier alpha value is -1.53. The van der Waals surface area contributed by atoms with Crippen molar-refractivity contribution < 1.29 is 4.74 Å². The van der Waals surface area contributed by atoms with Crippen molar-refractivity contribution in [2.24, 2.45) is 0 Å². The molecule has 3 nitrogen and oxygen atoms in total. The highest BCUT2D eigenvalue weighted by molar-refractivity contribution is 5.53. The lowest BCUT2D eigenvalue weighted by molar-refractivity contribution is 0.0103. The maximum Gasteiger partial charge on any atom is 0.130 e. The first-order chi connectivity index (χ1) is 8.15. The fraction of sp³-hybridized carbons (Fsp3) is 0.500. The topological polar surface area (TPSA) is 45.0 Å². The zero-order valence-corrected chi connectivity index (χ0v) is 10.4. The molecule has 1 saturated heterocycles. The second-order valence-electron chi connectivity index (χ2n) is 4.77. The number of nitrogens with one attached hydrogen (secondary N) is 1. The van der Waals surface area contributed by atoms with Crippen molar-refractivity contribution in [2.45, 2.75) is 38.3 Å². The Kier molecular flexibility index (Phi) is 3.35. The van der Waals surface area contributed by atoms with Crippen LogP contribution in [0, 0.1) is 18.3 Å². The number of benzene rings is 1. The molecule has 17 heavy (non-hydrogen) atoms. The molecule has 2 atom stereocenters. The lowest BCUT2D eigenvalue weighted by Gasteiger charge is -2.36. The number of para-hydroxylation sites is 1. The molecule has 1 N–H and O–H groups in total. The van der Waals surface area contributed by atoms with E-state index in [0.717, 1.165) is 18.5 Å². The summed E-state index contributed by atoms with van der Waals surface area (Å²) in [6, 6.07) is 10.5. The smallest absolute Gasteiger partial charge is 0.130 e. The molecule has 2 rings (SSSR count). The highest BCUT2D eigenvalue weighted by atomic mass is 16.5. The molecule has 90 valence electrons. The molecule has 0 aliphatic carbocycles. The van der Waals surface area contributed by atoms with E-state index >= 15 is 0 Å². The predicted octanol–water partition coefficient (Wildman–Crippen LogP) is 2.87. The molecule has 1 aliphatic rings. The quantitative estimate of drug-likeness (QED) is 0.849. The van der Waals surface area contributed by atoms with Crippen LogP contribution in [0.2, 0.25) is 0 Å². The van der Waals surface area contributed by atoms with Crippen LogP contribution in [-0.2, 0) is 4.74 Å². The van der Waals surface area contributed by atoms with Crippen molar-refractivity contribution in [3.05, 3.63) is 29.8 Å². The van der Waals surface area contributed by atoms with E-state index in [-0.39, 0.29) is 6.10 Å². The van der Waals surface area contributed by atoms with Gasteiger partial charge in [-0.25, -0.2) is 0 Å². The molecule has 0 spiro atoms. The van der Waals surface area contributed by atoms with Gasteiger partial charge in [0, 0.05) is 18.5 Å². The van der Waals surface area contributed by atoms with Crippen LogP contribution >= 0.6 is 0 Å². The zero-order chi connectivity index (χ0) is 12.3. The van der Waals surface area contributed by atoms with Crippen molar-refractivity contribution in [3.63, 3.8) is 0 Å². The molecule has 1 fully saturated rings. The lowest BCUT2D eigenvalue weighted by Crippen LogP contribution is -2.45. The fourth-order valence-corrected chi connectivity index (χ4v) is 2.30. The van der Waals surface area contributed by atoms with Gasteiger partial charge in [0.05, 0.1) is 18.8 Å². The Labute approximate surface area is 102 Å². The molecule has 2 unspecified atom stereocenters. The first-order valence-electron chi connectivity index (χ1n) is 6.02.